The fourth-order valence-electron chi connectivity index (χ4n) is 8.60. The van der Waals surface area contributed by atoms with E-state index in [1.54, 1.807) is 21.3 Å². The summed E-state index contributed by atoms with van der Waals surface area (Å²) in [7, 11) is 4.98. The first-order chi connectivity index (χ1) is 16.9. The number of benzene rings is 2. The van der Waals surface area contributed by atoms with Gasteiger partial charge in [0.15, 0.2) is 0 Å². The van der Waals surface area contributed by atoms with E-state index in [0.717, 1.165) is 23.6 Å². The van der Waals surface area contributed by atoms with E-state index in [2.05, 4.69) is 30.9 Å². The highest BCUT2D eigenvalue weighted by Crippen LogP contribution is 2.72. The highest BCUT2D eigenvalue weighted by atomic mass is 16.5. The monoisotopic (exact) mass is 475 g/mol. The molecule has 1 heterocycles. The molecular weight excluding hydrogens is 438 g/mol. The van der Waals surface area contributed by atoms with Crippen molar-refractivity contribution in [2.45, 2.75) is 51.0 Å². The van der Waals surface area contributed by atoms with E-state index < -0.39 is 5.41 Å². The van der Waals surface area contributed by atoms with Gasteiger partial charge in [0.25, 0.3) is 0 Å². The summed E-state index contributed by atoms with van der Waals surface area (Å²) in [6, 6.07) is 14.1. The Kier molecular flexibility index (Phi) is 5.14. The summed E-state index contributed by atoms with van der Waals surface area (Å²) in [4.78, 5) is 16.9. The van der Waals surface area contributed by atoms with Gasteiger partial charge in [0, 0.05) is 36.1 Å². The average Bonchev–Trinajstić information content (AvgIpc) is 2.85. The molecular formula is C30H37NO4. The summed E-state index contributed by atoms with van der Waals surface area (Å²) in [5.74, 6) is 5.07. The number of amides is 1. The van der Waals surface area contributed by atoms with Crippen LogP contribution < -0.4 is 14.2 Å². The second-order valence-electron chi connectivity index (χ2n) is 11.7. The van der Waals surface area contributed by atoms with Crippen molar-refractivity contribution in [2.75, 3.05) is 27.9 Å². The van der Waals surface area contributed by atoms with Crippen LogP contribution in [-0.2, 0) is 4.79 Å². The van der Waals surface area contributed by atoms with E-state index in [9.17, 15) is 4.79 Å². The lowest BCUT2D eigenvalue weighted by atomic mass is 9.36. The predicted molar refractivity (Wildman–Crippen MR) is 135 cm³/mol. The van der Waals surface area contributed by atoms with Gasteiger partial charge in [-0.3, -0.25) is 4.79 Å². The minimum absolute atomic E-state index is 0.137. The van der Waals surface area contributed by atoms with Crippen molar-refractivity contribution in [2.24, 2.45) is 29.1 Å². The molecule has 8 rings (SSSR count). The minimum atomic E-state index is -0.697. The van der Waals surface area contributed by atoms with Gasteiger partial charge in [0.1, 0.15) is 17.2 Å². The van der Waals surface area contributed by atoms with Gasteiger partial charge in [-0.25, -0.2) is 0 Å². The maximum atomic E-state index is 14.6. The van der Waals surface area contributed by atoms with Crippen molar-refractivity contribution in [3.63, 3.8) is 0 Å². The van der Waals surface area contributed by atoms with Crippen LogP contribution in [0.25, 0.3) is 0 Å². The quantitative estimate of drug-likeness (QED) is 0.529. The molecule has 6 aliphatic rings. The Morgan fingerprint density at radius 2 is 1.51 bits per heavy atom. The normalized spacial score (nSPS) is 31.1. The van der Waals surface area contributed by atoms with Crippen molar-refractivity contribution >= 4 is 5.91 Å². The van der Waals surface area contributed by atoms with E-state index in [1.807, 2.05) is 30.3 Å². The van der Waals surface area contributed by atoms with Crippen molar-refractivity contribution in [1.29, 1.82) is 0 Å². The first kappa shape index (κ1) is 22.8. The fraction of sp³-hybridized carbons (Fsp3) is 0.567. The zero-order chi connectivity index (χ0) is 24.5. The molecule has 4 bridgehead atoms. The molecule has 6 fully saturated rings. The summed E-state index contributed by atoms with van der Waals surface area (Å²) in [5.41, 5.74) is 1.42. The maximum absolute atomic E-state index is 14.6. The number of carbonyl (C=O) groups excluding carboxylic acids is 1. The Morgan fingerprint density at radius 1 is 0.914 bits per heavy atom. The molecule has 1 spiro atoms. The Hall–Kier alpha value is -2.69. The van der Waals surface area contributed by atoms with E-state index in [1.165, 1.54) is 25.7 Å². The summed E-state index contributed by atoms with van der Waals surface area (Å²) >= 11 is 0. The highest BCUT2D eigenvalue weighted by molar-refractivity contribution is 5.86. The van der Waals surface area contributed by atoms with Crippen molar-refractivity contribution in [3.8, 4) is 17.2 Å². The molecule has 5 heteroatoms. The topological polar surface area (TPSA) is 48.0 Å². The van der Waals surface area contributed by atoms with Gasteiger partial charge >= 0.3 is 0 Å². The SMILES string of the molecule is COc1cc(OC)c(C(c2ccccc2)C(C)(C)C(=O)N2CC3CC4CC5CC(C4)C532)c(OC)c1. The Balaban J connectivity index is 1.45. The van der Waals surface area contributed by atoms with E-state index in [4.69, 9.17) is 14.2 Å². The van der Waals surface area contributed by atoms with E-state index in [-0.39, 0.29) is 17.4 Å². The summed E-state index contributed by atoms with van der Waals surface area (Å²) in [6.45, 7) is 5.14. The number of rotatable bonds is 7. The van der Waals surface area contributed by atoms with Gasteiger partial charge in [-0.05, 0) is 49.0 Å². The smallest absolute Gasteiger partial charge is 0.229 e. The zero-order valence-electron chi connectivity index (χ0n) is 21.5. The van der Waals surface area contributed by atoms with E-state index in [0.29, 0.717) is 35.0 Å². The summed E-state index contributed by atoms with van der Waals surface area (Å²) in [6.07, 6.45) is 5.28. The standard InChI is InChI=1S/C30H37NO4/c1-29(2,28(32)31-17-22-13-18-11-20-14-21(12-18)30(20,22)31)27(19-9-7-6-8-10-19)26-24(34-4)15-23(33-3)16-25(26)35-5/h6-10,15-16,18,20-22,27H,11-14,17H2,1-5H3. The van der Waals surface area contributed by atoms with Crippen LogP contribution in [0.15, 0.2) is 42.5 Å². The predicted octanol–water partition coefficient (Wildman–Crippen LogP) is 5.52. The number of carbonyl (C=O) groups is 1. The molecule has 0 N–H and O–H groups in total. The second kappa shape index (κ2) is 7.91. The van der Waals surface area contributed by atoms with Crippen LogP contribution in [0.4, 0.5) is 0 Å². The summed E-state index contributed by atoms with van der Waals surface area (Å²) in [5, 5.41) is 0. The number of hydrogen-bond acceptors (Lipinski definition) is 4. The lowest BCUT2D eigenvalue weighted by Gasteiger charge is -2.79. The molecule has 5 saturated carbocycles. The molecule has 4 unspecified atom stereocenters. The number of likely N-dealkylation sites (tertiary alicyclic amines) is 1. The van der Waals surface area contributed by atoms with Gasteiger partial charge in [-0.1, -0.05) is 44.2 Å². The molecule has 2 aromatic rings. The third-order valence-corrected chi connectivity index (χ3v) is 9.95. The van der Waals surface area contributed by atoms with Gasteiger partial charge in [-0.2, -0.15) is 0 Å². The minimum Gasteiger partial charge on any atom is -0.496 e. The third-order valence-electron chi connectivity index (χ3n) is 9.95. The van der Waals surface area contributed by atoms with Crippen LogP contribution in [0, 0.1) is 29.1 Å². The van der Waals surface area contributed by atoms with Crippen LogP contribution in [-0.4, -0.2) is 44.2 Å². The van der Waals surface area contributed by atoms with Gasteiger partial charge in [-0.15, -0.1) is 0 Å². The van der Waals surface area contributed by atoms with Crippen molar-refractivity contribution in [1.82, 2.24) is 4.90 Å². The van der Waals surface area contributed by atoms with Crippen LogP contribution in [0.1, 0.15) is 56.6 Å². The van der Waals surface area contributed by atoms with Gasteiger partial charge in [0.2, 0.25) is 5.91 Å². The highest BCUT2D eigenvalue weighted by Gasteiger charge is 2.74. The Bertz CT molecular complexity index is 1090. The van der Waals surface area contributed by atoms with Crippen LogP contribution in [0.2, 0.25) is 0 Å². The summed E-state index contributed by atoms with van der Waals surface area (Å²) < 4.78 is 17.3. The largest absolute Gasteiger partial charge is 0.496 e. The van der Waals surface area contributed by atoms with Gasteiger partial charge in [0.05, 0.1) is 32.3 Å². The molecule has 0 aromatic heterocycles. The van der Waals surface area contributed by atoms with Crippen LogP contribution in [0.5, 0.6) is 17.2 Å². The fourth-order valence-corrected chi connectivity index (χ4v) is 8.60. The number of nitrogens with zero attached hydrogens (tertiary/aromatic N) is 1. The molecule has 1 saturated heterocycles. The molecule has 5 nitrogen and oxygen atoms in total. The molecule has 5 aliphatic carbocycles. The third kappa shape index (κ3) is 2.96. The molecule has 1 aliphatic heterocycles. The molecule has 0 radical (unpaired) electrons. The van der Waals surface area contributed by atoms with Crippen LogP contribution >= 0.6 is 0 Å². The lowest BCUT2D eigenvalue weighted by Crippen LogP contribution is -2.85. The van der Waals surface area contributed by atoms with Crippen molar-refractivity contribution < 1.29 is 19.0 Å². The molecule has 2 aromatic carbocycles. The number of hydrogen-bond donors (Lipinski definition) is 0. The Morgan fingerprint density at radius 3 is 2.06 bits per heavy atom. The van der Waals surface area contributed by atoms with Crippen molar-refractivity contribution in [3.05, 3.63) is 53.6 Å². The van der Waals surface area contributed by atoms with E-state index >= 15 is 0 Å². The second-order valence-corrected chi connectivity index (χ2v) is 11.7. The first-order valence-corrected chi connectivity index (χ1v) is 13.0. The molecule has 35 heavy (non-hydrogen) atoms. The molecule has 186 valence electrons. The molecule has 1 amide bonds. The number of methoxy groups -OCH3 is 3. The first-order valence-electron chi connectivity index (χ1n) is 13.0. The maximum Gasteiger partial charge on any atom is 0.229 e. The number of ether oxygens (including phenoxy) is 3. The zero-order valence-corrected chi connectivity index (χ0v) is 21.5. The van der Waals surface area contributed by atoms with Gasteiger partial charge < -0.3 is 19.1 Å². The molecule has 4 atom stereocenters. The lowest BCUT2D eigenvalue weighted by molar-refractivity contribution is -0.278. The Labute approximate surface area is 208 Å². The average molecular weight is 476 g/mol. The van der Waals surface area contributed by atoms with Crippen LogP contribution in [0.3, 0.4) is 0 Å².